The summed E-state index contributed by atoms with van der Waals surface area (Å²) in [6, 6.07) is 4.09. The summed E-state index contributed by atoms with van der Waals surface area (Å²) in [4.78, 5) is 28.0. The second kappa shape index (κ2) is 12.1. The van der Waals surface area contributed by atoms with E-state index < -0.39 is 72.0 Å². The first-order valence-corrected chi connectivity index (χ1v) is 14.6. The average molecular weight is 639 g/mol. The molecule has 0 radical (unpaired) electrons. The standard InChI is InChI=1S/C31H32BF6NO6/c1-15(2)22-12-23-27(29(42)39(28(23)41)19-10-17(30(33,34)35)9-18(11-19)31(36,37)38)24-13-32(43)45-25(26(22)24)7-4-16(3)8-20-5-6-21(14-40)44-20/h5-6,8-11,15,23-25,27,40,43H,4,7,12-14H2,1-3H3/b16-8+/t23-,24+,25-,27-/m1/s1. The Hall–Kier alpha value is -3.36. The molecule has 0 spiro atoms. The topological polar surface area (TPSA) is 100 Å². The van der Waals surface area contributed by atoms with Crippen LogP contribution < -0.4 is 4.90 Å². The van der Waals surface area contributed by atoms with Gasteiger partial charge in [-0.15, -0.1) is 0 Å². The fraction of sp³-hybridized carbons (Fsp3) is 0.484. The van der Waals surface area contributed by atoms with Gasteiger partial charge in [0.2, 0.25) is 11.8 Å². The fourth-order valence-corrected chi connectivity index (χ4v) is 6.80. The zero-order valence-corrected chi connectivity index (χ0v) is 24.7. The van der Waals surface area contributed by atoms with Gasteiger partial charge in [-0.05, 0) is 86.3 Å². The number of halogens is 6. The summed E-state index contributed by atoms with van der Waals surface area (Å²) in [7, 11) is -1.31. The minimum absolute atomic E-state index is 0.0502. The molecule has 0 bridgehead atoms. The molecule has 7 nitrogen and oxygen atoms in total. The Labute approximate surface area is 255 Å². The molecule has 0 saturated carbocycles. The maximum absolute atomic E-state index is 13.9. The van der Waals surface area contributed by atoms with Gasteiger partial charge in [0.25, 0.3) is 0 Å². The number of amides is 2. The Morgan fingerprint density at radius 2 is 1.69 bits per heavy atom. The Balaban J connectivity index is 1.48. The molecule has 242 valence electrons. The zero-order chi connectivity index (χ0) is 33.0. The highest BCUT2D eigenvalue weighted by Crippen LogP contribution is 2.53. The lowest BCUT2D eigenvalue weighted by Gasteiger charge is -2.44. The van der Waals surface area contributed by atoms with Crippen molar-refractivity contribution in [2.45, 2.75) is 71.4 Å². The lowest BCUT2D eigenvalue weighted by Crippen LogP contribution is -2.46. The number of imide groups is 1. The number of benzene rings is 1. The van der Waals surface area contributed by atoms with Crippen LogP contribution in [0.1, 0.15) is 62.7 Å². The molecular formula is C31H32BF6NO6. The molecule has 0 unspecified atom stereocenters. The lowest BCUT2D eigenvalue weighted by molar-refractivity contribution is -0.143. The predicted octanol–water partition coefficient (Wildman–Crippen LogP) is 6.65. The molecule has 45 heavy (non-hydrogen) atoms. The van der Waals surface area contributed by atoms with Crippen LogP contribution in [0.4, 0.5) is 32.0 Å². The van der Waals surface area contributed by atoms with Gasteiger partial charge in [0.15, 0.2) is 0 Å². The number of aliphatic hydroxyl groups excluding tert-OH is 1. The van der Waals surface area contributed by atoms with Gasteiger partial charge >= 0.3 is 19.5 Å². The van der Waals surface area contributed by atoms with Gasteiger partial charge in [0.05, 0.1) is 34.8 Å². The van der Waals surface area contributed by atoms with Crippen molar-refractivity contribution in [2.24, 2.45) is 23.7 Å². The van der Waals surface area contributed by atoms with E-state index in [0.717, 1.165) is 16.7 Å². The molecular weight excluding hydrogens is 607 g/mol. The minimum atomic E-state index is -5.16. The van der Waals surface area contributed by atoms with Crippen LogP contribution in [0.15, 0.2) is 51.5 Å². The molecule has 3 heterocycles. The van der Waals surface area contributed by atoms with Gasteiger partial charge in [-0.25, -0.2) is 4.90 Å². The summed E-state index contributed by atoms with van der Waals surface area (Å²) in [6.45, 7) is 5.41. The zero-order valence-electron chi connectivity index (χ0n) is 24.7. The number of hydrogen-bond acceptors (Lipinski definition) is 6. The van der Waals surface area contributed by atoms with E-state index in [-0.39, 0.29) is 31.3 Å². The van der Waals surface area contributed by atoms with Gasteiger partial charge in [-0.3, -0.25) is 9.59 Å². The van der Waals surface area contributed by atoms with Crippen molar-refractivity contribution < 1.29 is 55.1 Å². The Bertz CT molecular complexity index is 1510. The number of alkyl halides is 6. The van der Waals surface area contributed by atoms with E-state index in [1.54, 1.807) is 18.2 Å². The van der Waals surface area contributed by atoms with Gasteiger partial charge in [-0.1, -0.05) is 25.0 Å². The smallest absolute Gasteiger partial charge is 0.455 e. The normalized spacial score (nSPS) is 24.6. The minimum Gasteiger partial charge on any atom is -0.459 e. The van der Waals surface area contributed by atoms with Crippen LogP contribution in [0, 0.1) is 23.7 Å². The van der Waals surface area contributed by atoms with Crippen LogP contribution in [0.3, 0.4) is 0 Å². The van der Waals surface area contributed by atoms with E-state index in [4.69, 9.17) is 9.07 Å². The Kier molecular flexibility index (Phi) is 8.88. The summed E-state index contributed by atoms with van der Waals surface area (Å²) in [6.07, 6.45) is -8.25. The molecule has 4 atom stereocenters. The third-order valence-corrected chi connectivity index (χ3v) is 8.80. The van der Waals surface area contributed by atoms with Crippen molar-refractivity contribution in [3.63, 3.8) is 0 Å². The molecule has 2 saturated heterocycles. The fourth-order valence-electron chi connectivity index (χ4n) is 6.80. The SMILES string of the molecule is C/C(=C\c1ccc(CO)o1)CC[C@H]1OB(O)C[C@H]2C1=C(C(C)C)C[C@H]1C(=O)N(c3cc(C(F)(F)F)cc(C(F)(F)F)c3)C(=O)[C@H]12. The van der Waals surface area contributed by atoms with E-state index in [1.165, 1.54) is 0 Å². The number of rotatable bonds is 7. The van der Waals surface area contributed by atoms with Crippen LogP contribution in [0.25, 0.3) is 6.08 Å². The lowest BCUT2D eigenvalue weighted by atomic mass is 9.57. The van der Waals surface area contributed by atoms with E-state index in [0.29, 0.717) is 41.4 Å². The van der Waals surface area contributed by atoms with Crippen LogP contribution in [0.5, 0.6) is 0 Å². The number of carbonyl (C=O) groups is 2. The first kappa shape index (κ1) is 33.0. The maximum atomic E-state index is 13.9. The number of anilines is 1. The van der Waals surface area contributed by atoms with Crippen LogP contribution in [-0.4, -0.2) is 35.2 Å². The highest BCUT2D eigenvalue weighted by Gasteiger charge is 2.58. The van der Waals surface area contributed by atoms with E-state index >= 15 is 0 Å². The summed E-state index contributed by atoms with van der Waals surface area (Å²) in [5.41, 5.74) is -1.58. The third kappa shape index (κ3) is 6.50. The number of carbonyl (C=O) groups excluding carboxylic acids is 2. The van der Waals surface area contributed by atoms with E-state index in [2.05, 4.69) is 0 Å². The van der Waals surface area contributed by atoms with Crippen molar-refractivity contribution in [3.8, 4) is 0 Å². The number of hydrogen-bond donors (Lipinski definition) is 2. The second-order valence-electron chi connectivity index (χ2n) is 12.2. The number of aliphatic hydroxyl groups is 1. The van der Waals surface area contributed by atoms with Gasteiger partial charge < -0.3 is 19.2 Å². The quantitative estimate of drug-likeness (QED) is 0.152. The number of allylic oxidation sites excluding steroid dienone is 2. The van der Waals surface area contributed by atoms with Crippen molar-refractivity contribution >= 4 is 30.7 Å². The van der Waals surface area contributed by atoms with Crippen LogP contribution in [-0.2, 0) is 33.2 Å². The first-order chi connectivity index (χ1) is 21.0. The van der Waals surface area contributed by atoms with Crippen LogP contribution in [0.2, 0.25) is 6.32 Å². The molecule has 2 aliphatic heterocycles. The van der Waals surface area contributed by atoms with Crippen molar-refractivity contribution in [2.75, 3.05) is 4.90 Å². The average Bonchev–Trinajstić information content (AvgIpc) is 3.50. The van der Waals surface area contributed by atoms with Crippen molar-refractivity contribution in [1.82, 2.24) is 0 Å². The van der Waals surface area contributed by atoms with Crippen LogP contribution >= 0.6 is 0 Å². The molecule has 2 fully saturated rings. The largest absolute Gasteiger partial charge is 0.459 e. The van der Waals surface area contributed by atoms with Crippen molar-refractivity contribution in [1.29, 1.82) is 0 Å². The predicted molar refractivity (Wildman–Crippen MR) is 151 cm³/mol. The van der Waals surface area contributed by atoms with Gasteiger partial charge in [-0.2, -0.15) is 26.3 Å². The maximum Gasteiger partial charge on any atom is 0.455 e. The summed E-state index contributed by atoms with van der Waals surface area (Å²) >= 11 is 0. The molecule has 1 aromatic heterocycles. The van der Waals surface area contributed by atoms with Gasteiger partial charge in [0, 0.05) is 0 Å². The molecule has 1 aliphatic carbocycles. The molecule has 5 rings (SSSR count). The molecule has 3 aliphatic rings. The second-order valence-corrected chi connectivity index (χ2v) is 12.2. The monoisotopic (exact) mass is 639 g/mol. The molecule has 2 amide bonds. The summed E-state index contributed by atoms with van der Waals surface area (Å²) in [5.74, 6) is -3.74. The third-order valence-electron chi connectivity index (χ3n) is 8.80. The molecule has 2 N–H and O–H groups in total. The van der Waals surface area contributed by atoms with Gasteiger partial charge in [0.1, 0.15) is 18.1 Å². The Morgan fingerprint density at radius 3 is 2.24 bits per heavy atom. The van der Waals surface area contributed by atoms with E-state index in [1.807, 2.05) is 20.8 Å². The highest BCUT2D eigenvalue weighted by molar-refractivity contribution is 6.43. The summed E-state index contributed by atoms with van der Waals surface area (Å²) < 4.78 is 93.1. The summed E-state index contributed by atoms with van der Waals surface area (Å²) in [5, 5.41) is 20.0. The molecule has 1 aromatic carbocycles. The Morgan fingerprint density at radius 1 is 1.04 bits per heavy atom. The first-order valence-electron chi connectivity index (χ1n) is 14.6. The van der Waals surface area contributed by atoms with E-state index in [9.17, 15) is 46.1 Å². The number of nitrogens with zero attached hydrogens (tertiary/aromatic N) is 1. The number of fused-ring (bicyclic) bond motifs is 3. The number of furan rings is 1. The van der Waals surface area contributed by atoms with Crippen molar-refractivity contribution in [3.05, 3.63) is 69.7 Å². The molecule has 2 aromatic rings. The highest BCUT2D eigenvalue weighted by atomic mass is 19.4. The molecule has 14 heteroatoms.